The van der Waals surface area contributed by atoms with Crippen molar-refractivity contribution in [2.24, 2.45) is 11.0 Å². The molecule has 5 nitrogen and oxygen atoms in total. The molecule has 21 heavy (non-hydrogen) atoms. The van der Waals surface area contributed by atoms with Crippen molar-refractivity contribution >= 4 is 17.5 Å². The number of rotatable bonds is 4. The second-order valence-corrected chi connectivity index (χ2v) is 6.25. The van der Waals surface area contributed by atoms with Crippen molar-refractivity contribution in [3.05, 3.63) is 0 Å². The molecule has 0 unspecified atom stereocenters. The molecule has 1 N–H and O–H groups in total. The van der Waals surface area contributed by atoms with Crippen LogP contribution in [-0.2, 0) is 9.59 Å². The van der Waals surface area contributed by atoms with E-state index in [1.807, 2.05) is 6.92 Å². The topological polar surface area (TPSA) is 61.8 Å². The maximum Gasteiger partial charge on any atom is 0.259 e. The van der Waals surface area contributed by atoms with Gasteiger partial charge in [-0.1, -0.05) is 25.7 Å². The zero-order valence-corrected chi connectivity index (χ0v) is 13.1. The van der Waals surface area contributed by atoms with Crippen LogP contribution in [0, 0.1) is 5.92 Å². The third kappa shape index (κ3) is 5.14. The summed E-state index contributed by atoms with van der Waals surface area (Å²) in [4.78, 5) is 25.5. The average Bonchev–Trinajstić information content (AvgIpc) is 2.71. The van der Waals surface area contributed by atoms with E-state index in [1.54, 1.807) is 4.90 Å². The fourth-order valence-corrected chi connectivity index (χ4v) is 3.18. The summed E-state index contributed by atoms with van der Waals surface area (Å²) in [5.41, 5.74) is 3.64. The van der Waals surface area contributed by atoms with Gasteiger partial charge < -0.3 is 4.90 Å². The molecule has 1 saturated carbocycles. The number of hydrogen-bond donors (Lipinski definition) is 1. The van der Waals surface area contributed by atoms with Crippen LogP contribution in [0.25, 0.3) is 0 Å². The summed E-state index contributed by atoms with van der Waals surface area (Å²) < 4.78 is 0. The number of nitrogens with one attached hydrogen (secondary N) is 1. The highest BCUT2D eigenvalue weighted by Gasteiger charge is 2.20. The fourth-order valence-electron chi connectivity index (χ4n) is 3.18. The number of hydrogen-bond acceptors (Lipinski definition) is 3. The minimum absolute atomic E-state index is 0.0932. The lowest BCUT2D eigenvalue weighted by molar-refractivity contribution is -0.135. The Morgan fingerprint density at radius 1 is 1.19 bits per heavy atom. The second-order valence-electron chi connectivity index (χ2n) is 6.25. The molecule has 0 spiro atoms. The molecule has 1 saturated heterocycles. The summed E-state index contributed by atoms with van der Waals surface area (Å²) in [5, 5.41) is 4.24. The number of carbonyl (C=O) groups excluding carboxylic acids is 2. The number of carbonyl (C=O) groups is 2. The van der Waals surface area contributed by atoms with Crippen LogP contribution < -0.4 is 5.43 Å². The Hall–Kier alpha value is -1.39. The highest BCUT2D eigenvalue weighted by molar-refractivity contribution is 5.88. The van der Waals surface area contributed by atoms with Gasteiger partial charge in [-0.15, -0.1) is 0 Å². The van der Waals surface area contributed by atoms with Gasteiger partial charge in [0.2, 0.25) is 5.91 Å². The molecular weight excluding hydrogens is 266 g/mol. The van der Waals surface area contributed by atoms with Crippen molar-refractivity contribution in [1.82, 2.24) is 10.3 Å². The molecule has 0 bridgehead atoms. The number of nitrogens with zero attached hydrogens (tertiary/aromatic N) is 2. The molecule has 0 aromatic carbocycles. The van der Waals surface area contributed by atoms with Gasteiger partial charge in [0.05, 0.1) is 0 Å². The minimum atomic E-state index is -0.180. The molecule has 1 aliphatic carbocycles. The van der Waals surface area contributed by atoms with Gasteiger partial charge in [-0.25, -0.2) is 5.43 Å². The van der Waals surface area contributed by atoms with Crippen molar-refractivity contribution in [3.8, 4) is 0 Å². The molecule has 5 heteroatoms. The van der Waals surface area contributed by atoms with Crippen LogP contribution >= 0.6 is 0 Å². The summed E-state index contributed by atoms with van der Waals surface area (Å²) in [7, 11) is 0. The van der Waals surface area contributed by atoms with E-state index in [0.29, 0.717) is 18.9 Å². The van der Waals surface area contributed by atoms with Crippen LogP contribution in [0.3, 0.4) is 0 Å². The van der Waals surface area contributed by atoms with Gasteiger partial charge in [-0.2, -0.15) is 5.10 Å². The number of likely N-dealkylation sites (tertiary alicyclic amines) is 1. The van der Waals surface area contributed by atoms with E-state index in [1.165, 1.54) is 32.1 Å². The molecule has 2 aliphatic rings. The third-order valence-corrected chi connectivity index (χ3v) is 4.56. The Morgan fingerprint density at radius 3 is 2.67 bits per heavy atom. The minimum Gasteiger partial charge on any atom is -0.333 e. The standard InChI is InChI=1S/C16H27N3O2/c1-13(14-8-4-2-5-9-14)17-18-15(20)12-19-11-7-3-6-10-16(19)21/h14H,2-12H2,1H3,(H,18,20). The first kappa shape index (κ1) is 16.0. The lowest BCUT2D eigenvalue weighted by Crippen LogP contribution is -2.39. The first-order valence-electron chi connectivity index (χ1n) is 8.27. The molecule has 0 atom stereocenters. The van der Waals surface area contributed by atoms with Gasteiger partial charge in [0.1, 0.15) is 6.54 Å². The van der Waals surface area contributed by atoms with Gasteiger partial charge in [0.15, 0.2) is 0 Å². The first-order valence-corrected chi connectivity index (χ1v) is 8.27. The van der Waals surface area contributed by atoms with Gasteiger partial charge in [-0.3, -0.25) is 9.59 Å². The highest BCUT2D eigenvalue weighted by Crippen LogP contribution is 2.24. The van der Waals surface area contributed by atoms with E-state index in [0.717, 1.165) is 25.0 Å². The van der Waals surface area contributed by atoms with Crippen LogP contribution in [0.4, 0.5) is 0 Å². The van der Waals surface area contributed by atoms with E-state index in [9.17, 15) is 9.59 Å². The molecule has 2 fully saturated rings. The van der Waals surface area contributed by atoms with Gasteiger partial charge in [0.25, 0.3) is 5.91 Å². The van der Waals surface area contributed by atoms with E-state index in [4.69, 9.17) is 0 Å². The smallest absolute Gasteiger partial charge is 0.259 e. The van der Waals surface area contributed by atoms with Gasteiger partial charge >= 0.3 is 0 Å². The van der Waals surface area contributed by atoms with Gasteiger partial charge in [0, 0.05) is 18.7 Å². The molecule has 0 aromatic heterocycles. The van der Waals surface area contributed by atoms with E-state index < -0.39 is 0 Å². The first-order chi connectivity index (χ1) is 10.2. The van der Waals surface area contributed by atoms with E-state index in [2.05, 4.69) is 10.5 Å². The van der Waals surface area contributed by atoms with Gasteiger partial charge in [-0.05, 0) is 38.5 Å². The van der Waals surface area contributed by atoms with Crippen LogP contribution in [0.5, 0.6) is 0 Å². The molecular formula is C16H27N3O2. The van der Waals surface area contributed by atoms with E-state index in [-0.39, 0.29) is 18.4 Å². The normalized spacial score (nSPS) is 22.0. The summed E-state index contributed by atoms with van der Waals surface area (Å²) in [6.45, 7) is 2.82. The number of amides is 2. The predicted molar refractivity (Wildman–Crippen MR) is 82.9 cm³/mol. The lowest BCUT2D eigenvalue weighted by atomic mass is 9.86. The monoisotopic (exact) mass is 293 g/mol. The summed E-state index contributed by atoms with van der Waals surface area (Å²) in [6, 6.07) is 0. The van der Waals surface area contributed by atoms with Crippen LogP contribution in [0.2, 0.25) is 0 Å². The molecule has 1 aliphatic heterocycles. The summed E-state index contributed by atoms with van der Waals surface area (Å²) in [6.07, 6.45) is 9.75. The van der Waals surface area contributed by atoms with Crippen LogP contribution in [0.1, 0.15) is 64.7 Å². The van der Waals surface area contributed by atoms with Crippen LogP contribution in [-0.4, -0.2) is 35.5 Å². The zero-order valence-electron chi connectivity index (χ0n) is 13.1. The largest absolute Gasteiger partial charge is 0.333 e. The molecule has 2 amide bonds. The predicted octanol–water partition coefficient (Wildman–Crippen LogP) is 2.46. The molecule has 1 heterocycles. The second kappa shape index (κ2) is 8.15. The fraction of sp³-hybridized carbons (Fsp3) is 0.812. The maximum atomic E-state index is 11.9. The third-order valence-electron chi connectivity index (χ3n) is 4.56. The molecule has 0 aromatic rings. The van der Waals surface area contributed by atoms with Crippen LogP contribution in [0.15, 0.2) is 5.10 Å². The quantitative estimate of drug-likeness (QED) is 0.639. The number of hydrazone groups is 1. The lowest BCUT2D eigenvalue weighted by Gasteiger charge is -2.22. The highest BCUT2D eigenvalue weighted by atomic mass is 16.2. The maximum absolute atomic E-state index is 11.9. The average molecular weight is 293 g/mol. The van der Waals surface area contributed by atoms with Crippen molar-refractivity contribution in [1.29, 1.82) is 0 Å². The van der Waals surface area contributed by atoms with Crippen molar-refractivity contribution in [2.45, 2.75) is 64.7 Å². The Kier molecular flexibility index (Phi) is 6.21. The zero-order chi connectivity index (χ0) is 15.1. The Morgan fingerprint density at radius 2 is 1.90 bits per heavy atom. The Bertz CT molecular complexity index is 400. The molecule has 118 valence electrons. The Balaban J connectivity index is 1.79. The molecule has 2 rings (SSSR count). The summed E-state index contributed by atoms with van der Waals surface area (Å²) >= 11 is 0. The SMILES string of the molecule is CC(=NNC(=O)CN1CCCCCC1=O)C1CCCCC1. The van der Waals surface area contributed by atoms with Crippen molar-refractivity contribution in [2.75, 3.05) is 13.1 Å². The van der Waals surface area contributed by atoms with E-state index >= 15 is 0 Å². The van der Waals surface area contributed by atoms with Crippen molar-refractivity contribution < 1.29 is 9.59 Å². The van der Waals surface area contributed by atoms with Crippen molar-refractivity contribution in [3.63, 3.8) is 0 Å². The molecule has 0 radical (unpaired) electrons. The Labute approximate surface area is 127 Å². The summed E-state index contributed by atoms with van der Waals surface area (Å²) in [5.74, 6) is 0.426.